The van der Waals surface area contributed by atoms with E-state index in [4.69, 9.17) is 32.7 Å². The van der Waals surface area contributed by atoms with Crippen LogP contribution in [0, 0.1) is 16.6 Å². The third kappa shape index (κ3) is 10.1. The van der Waals surface area contributed by atoms with Crippen LogP contribution in [0.3, 0.4) is 0 Å². The van der Waals surface area contributed by atoms with Crippen LogP contribution in [0.1, 0.15) is 99.6 Å². The molecule has 0 spiro atoms. The van der Waals surface area contributed by atoms with Gasteiger partial charge in [-0.25, -0.2) is 4.39 Å². The van der Waals surface area contributed by atoms with Crippen LogP contribution in [-0.4, -0.2) is 32.6 Å². The minimum Gasteiger partial charge on any atom is -0.505 e. The second-order valence-electron chi connectivity index (χ2n) is 24.2. The molecule has 0 saturated heterocycles. The Hall–Kier alpha value is -6.93. The summed E-state index contributed by atoms with van der Waals surface area (Å²) in [4.78, 5) is 0. The molecule has 0 radical (unpaired) electrons. The van der Waals surface area contributed by atoms with Gasteiger partial charge < -0.3 is 28.8 Å². The smallest absolute Gasteiger partial charge is 0.147 e. The van der Waals surface area contributed by atoms with Gasteiger partial charge in [0.15, 0.2) is 0 Å². The molecule has 390 valence electrons. The Labute approximate surface area is 456 Å². The lowest BCUT2D eigenvalue weighted by Crippen LogP contribution is -2.25. The molecule has 10 aromatic rings. The van der Waals surface area contributed by atoms with Crippen molar-refractivity contribution in [2.45, 2.75) is 99.3 Å². The highest BCUT2D eigenvalue weighted by Crippen LogP contribution is 2.50. The molecule has 9 heteroatoms. The second-order valence-corrected chi connectivity index (χ2v) is 25.1. The third-order valence-electron chi connectivity index (χ3n) is 14.7. The minimum atomic E-state index is -0.455. The van der Waals surface area contributed by atoms with E-state index >= 15 is 4.39 Å². The van der Waals surface area contributed by atoms with Crippen LogP contribution in [0.2, 0.25) is 10.0 Å². The lowest BCUT2D eigenvalue weighted by molar-refractivity contribution is 0.248. The number of para-hydroxylation sites is 4. The fourth-order valence-electron chi connectivity index (χ4n) is 12.2. The summed E-state index contributed by atoms with van der Waals surface area (Å²) in [5.74, 6) is 0.412. The summed E-state index contributed by atoms with van der Waals surface area (Å²) in [5.41, 5.74) is 8.43. The normalized spacial score (nSPS) is 12.6. The number of phenolic OH excluding ortho intramolecular Hbond substituents is 2. The van der Waals surface area contributed by atoms with Crippen molar-refractivity contribution < 1.29 is 24.1 Å². The number of fused-ring (bicyclic) bond motifs is 6. The van der Waals surface area contributed by atoms with E-state index in [1.807, 2.05) is 60.7 Å². The molecule has 0 bridgehead atoms. The maximum absolute atomic E-state index is 15.6. The van der Waals surface area contributed by atoms with E-state index in [1.165, 1.54) is 12.1 Å². The summed E-state index contributed by atoms with van der Waals surface area (Å²) in [6, 6.07) is 49.1. The van der Waals surface area contributed by atoms with Gasteiger partial charge in [0.1, 0.15) is 28.8 Å². The van der Waals surface area contributed by atoms with Gasteiger partial charge in [-0.1, -0.05) is 165 Å². The fourth-order valence-corrected chi connectivity index (χ4v) is 12.7. The van der Waals surface area contributed by atoms with Crippen molar-refractivity contribution in [3.8, 4) is 56.6 Å². The number of benzene rings is 8. The summed E-state index contributed by atoms with van der Waals surface area (Å²) in [5, 5.41) is 30.3. The lowest BCUT2D eigenvalue weighted by atomic mass is 9.71. The Morgan fingerprint density at radius 3 is 1.30 bits per heavy atom. The highest BCUT2D eigenvalue weighted by molar-refractivity contribution is 6.36. The van der Waals surface area contributed by atoms with Crippen LogP contribution >= 0.6 is 23.2 Å². The zero-order valence-electron chi connectivity index (χ0n) is 45.2. The summed E-state index contributed by atoms with van der Waals surface area (Å²) in [7, 11) is 0. The number of hydrogen-bond donors (Lipinski definition) is 2. The molecule has 0 amide bonds. The predicted octanol–water partition coefficient (Wildman–Crippen LogP) is 19.3. The number of phenols is 2. The first-order valence-electron chi connectivity index (χ1n) is 26.3. The molecule has 2 N–H and O–H groups in total. The van der Waals surface area contributed by atoms with Gasteiger partial charge in [0, 0.05) is 55.2 Å². The zero-order chi connectivity index (χ0) is 54.1. The van der Waals surface area contributed by atoms with E-state index in [2.05, 4.69) is 139 Å². The molecule has 0 aliphatic rings. The molecule has 2 aromatic heterocycles. The maximum Gasteiger partial charge on any atom is 0.147 e. The summed E-state index contributed by atoms with van der Waals surface area (Å²) in [6.07, 6.45) is 2.13. The Morgan fingerprint density at radius 1 is 0.461 bits per heavy atom. The molecule has 0 fully saturated rings. The zero-order valence-corrected chi connectivity index (χ0v) is 46.7. The largest absolute Gasteiger partial charge is 0.505 e. The Balaban J connectivity index is 1.01. The molecular formula is C67H67Cl2FN2O4. The summed E-state index contributed by atoms with van der Waals surface area (Å²) in [6.45, 7) is 22.7. The quantitative estimate of drug-likeness (QED) is 0.107. The number of aromatic nitrogens is 2. The monoisotopic (exact) mass is 1050 g/mol. The van der Waals surface area contributed by atoms with Gasteiger partial charge in [-0.05, 0) is 124 Å². The lowest BCUT2D eigenvalue weighted by Gasteiger charge is -2.34. The van der Waals surface area contributed by atoms with Gasteiger partial charge in [-0.3, -0.25) is 0 Å². The first kappa shape index (κ1) is 52.5. The van der Waals surface area contributed by atoms with Crippen LogP contribution < -0.4 is 9.47 Å². The SMILES string of the molecule is CC(C)(C)CC(C)(C)c1cc(-c2cc(F)ccc2OCCCOc2c(Cl)cc(Cl)cc2-c2cc(C(C)(C)CC(C)(C)C)cc(-n3c4ccccc4c4ccccc43)c2O)c(O)c(-n2c3ccccc3c3ccccc32)c1. The van der Waals surface area contributed by atoms with Crippen molar-refractivity contribution in [2.24, 2.45) is 10.8 Å². The van der Waals surface area contributed by atoms with Gasteiger partial charge in [0.05, 0.1) is 51.7 Å². The highest BCUT2D eigenvalue weighted by atomic mass is 35.5. The maximum atomic E-state index is 15.6. The van der Waals surface area contributed by atoms with E-state index in [0.29, 0.717) is 61.6 Å². The van der Waals surface area contributed by atoms with Gasteiger partial charge in [-0.15, -0.1) is 0 Å². The van der Waals surface area contributed by atoms with Crippen molar-refractivity contribution in [1.29, 1.82) is 0 Å². The van der Waals surface area contributed by atoms with Gasteiger partial charge in [-0.2, -0.15) is 0 Å². The van der Waals surface area contributed by atoms with E-state index in [-0.39, 0.29) is 46.4 Å². The number of aromatic hydroxyl groups is 2. The molecule has 2 heterocycles. The van der Waals surface area contributed by atoms with Crippen LogP contribution in [-0.2, 0) is 10.8 Å². The van der Waals surface area contributed by atoms with Crippen LogP contribution in [0.15, 0.2) is 152 Å². The number of nitrogens with zero attached hydrogens (tertiary/aromatic N) is 2. The summed E-state index contributed by atoms with van der Waals surface area (Å²) < 4.78 is 33.1. The van der Waals surface area contributed by atoms with Crippen molar-refractivity contribution in [2.75, 3.05) is 13.2 Å². The van der Waals surface area contributed by atoms with Crippen molar-refractivity contribution in [1.82, 2.24) is 9.13 Å². The topological polar surface area (TPSA) is 68.8 Å². The van der Waals surface area contributed by atoms with Gasteiger partial charge in [0.25, 0.3) is 0 Å². The van der Waals surface area contributed by atoms with E-state index < -0.39 is 5.82 Å². The summed E-state index contributed by atoms with van der Waals surface area (Å²) >= 11 is 13.9. The molecule has 0 unspecified atom stereocenters. The number of rotatable bonds is 14. The predicted molar refractivity (Wildman–Crippen MR) is 316 cm³/mol. The molecule has 10 rings (SSSR count). The van der Waals surface area contributed by atoms with Crippen molar-refractivity contribution in [3.05, 3.63) is 179 Å². The minimum absolute atomic E-state index is 0.00274. The van der Waals surface area contributed by atoms with Crippen LogP contribution in [0.4, 0.5) is 4.39 Å². The number of halogens is 3. The highest BCUT2D eigenvalue weighted by Gasteiger charge is 2.33. The van der Waals surface area contributed by atoms with Gasteiger partial charge in [0.2, 0.25) is 0 Å². The molecule has 0 aliphatic carbocycles. The van der Waals surface area contributed by atoms with Crippen molar-refractivity contribution >= 4 is 66.8 Å². The Morgan fingerprint density at radius 2 is 0.868 bits per heavy atom. The Bertz CT molecular complexity index is 3740. The Kier molecular flexibility index (Phi) is 13.7. The number of hydrogen-bond acceptors (Lipinski definition) is 4. The molecule has 0 saturated carbocycles. The molecule has 76 heavy (non-hydrogen) atoms. The first-order valence-corrected chi connectivity index (χ1v) is 27.0. The average Bonchev–Trinajstić information content (AvgIpc) is 3.86. The second kappa shape index (κ2) is 19.9. The number of ether oxygens (including phenoxy) is 2. The fraction of sp³-hybridized carbons (Fsp3) is 0.284. The molecule has 6 nitrogen and oxygen atoms in total. The van der Waals surface area contributed by atoms with E-state index in [1.54, 1.807) is 18.2 Å². The van der Waals surface area contributed by atoms with Crippen LogP contribution in [0.25, 0.3) is 77.2 Å². The third-order valence-corrected chi connectivity index (χ3v) is 15.2. The molecular weight excluding hydrogens is 987 g/mol. The first-order chi connectivity index (χ1) is 36.0. The average molecular weight is 1050 g/mol. The van der Waals surface area contributed by atoms with Gasteiger partial charge >= 0.3 is 0 Å². The van der Waals surface area contributed by atoms with Crippen LogP contribution in [0.5, 0.6) is 23.0 Å². The van der Waals surface area contributed by atoms with E-state index in [0.717, 1.165) is 67.6 Å². The molecule has 0 atom stereocenters. The molecule has 0 aliphatic heterocycles. The van der Waals surface area contributed by atoms with E-state index in [9.17, 15) is 10.2 Å². The molecule has 8 aromatic carbocycles. The van der Waals surface area contributed by atoms with Crippen molar-refractivity contribution in [3.63, 3.8) is 0 Å². The standard InChI is InChI=1S/C67H67Cl2FN2O4/c1-64(2,3)39-66(7,8)41-32-50(61(73)58(34-41)71-54-24-15-11-20-45(54)46-21-12-16-25-55(46)71)49-38-44(70)28-29-60(49)75-30-19-31-76-63-52(36-43(68)37-53(63)69)51-33-42(67(9,10)40-65(4,5)6)35-59(62(51)74)72-56-26-17-13-22-47(56)48-23-14-18-27-57(48)72/h11-18,20-29,32-38,73-74H,19,30-31,39-40H2,1-10H3.